The number of carbonyl (C=O) groups is 1. The summed E-state index contributed by atoms with van der Waals surface area (Å²) < 4.78 is 11.4. The van der Waals surface area contributed by atoms with Crippen LogP contribution in [0.2, 0.25) is 0 Å². The number of ether oxygens (including phenoxy) is 2. The van der Waals surface area contributed by atoms with E-state index in [1.165, 1.54) is 0 Å². The van der Waals surface area contributed by atoms with Gasteiger partial charge in [0.15, 0.2) is 11.7 Å². The van der Waals surface area contributed by atoms with Crippen molar-refractivity contribution in [2.75, 3.05) is 24.6 Å². The van der Waals surface area contributed by atoms with Gasteiger partial charge in [0, 0.05) is 13.1 Å². The molecule has 2 aromatic rings. The number of benzene rings is 1. The summed E-state index contributed by atoms with van der Waals surface area (Å²) >= 11 is 0. The van der Waals surface area contributed by atoms with E-state index < -0.39 is 11.9 Å². The topological polar surface area (TPSA) is 88.3 Å². The van der Waals surface area contributed by atoms with Crippen molar-refractivity contribution in [3.8, 4) is 6.07 Å². The molecule has 1 aromatic carbocycles. The normalized spacial score (nSPS) is 20.2. The molecule has 0 aliphatic carbocycles. The zero-order valence-corrected chi connectivity index (χ0v) is 18.2. The number of carbonyl (C=O) groups excluding carboxylic acids is 1. The lowest BCUT2D eigenvalue weighted by Gasteiger charge is -2.37. The minimum absolute atomic E-state index is 0.0113. The Bertz CT molecular complexity index is 912. The average Bonchev–Trinajstić information content (AvgIpc) is 2.73. The summed E-state index contributed by atoms with van der Waals surface area (Å²) in [5, 5.41) is 9.87. The molecule has 0 radical (unpaired) electrons. The maximum absolute atomic E-state index is 12.9. The molecule has 1 aliphatic rings. The lowest BCUT2D eigenvalue weighted by molar-refractivity contribution is -0.145. The summed E-state index contributed by atoms with van der Waals surface area (Å²) in [5.74, 6) is -0.845. The first kappa shape index (κ1) is 22.0. The molecule has 3 atom stereocenters. The fraction of sp³-hybridized carbons (Fsp3) is 0.565. The Kier molecular flexibility index (Phi) is 7.22. The Morgan fingerprint density at radius 3 is 2.37 bits per heavy atom. The monoisotopic (exact) mass is 410 g/mol. The third-order valence-corrected chi connectivity index (χ3v) is 5.55. The van der Waals surface area contributed by atoms with E-state index in [0.717, 1.165) is 18.4 Å². The molecule has 7 nitrogen and oxygen atoms in total. The molecule has 1 fully saturated rings. The standard InChI is InChI=1S/C23H30N4O3/c1-5-17(6-2)14-29-23(28)18(11-24)21-22(27-12-15(3)30-16(4)13-27)26-20-10-8-7-9-19(20)25-21/h7-10,15-18H,5-6,12-14H2,1-4H3/t15-,16-,18-/m1/s1. The molecule has 0 amide bonds. The molecular formula is C23H30N4O3. The minimum Gasteiger partial charge on any atom is -0.464 e. The Balaban J connectivity index is 1.99. The predicted octanol–water partition coefficient (Wildman–Crippen LogP) is 3.83. The Morgan fingerprint density at radius 1 is 1.20 bits per heavy atom. The van der Waals surface area contributed by atoms with Crippen molar-refractivity contribution in [1.29, 1.82) is 5.26 Å². The van der Waals surface area contributed by atoms with Crippen molar-refractivity contribution in [3.63, 3.8) is 0 Å². The summed E-state index contributed by atoms with van der Waals surface area (Å²) in [6.45, 7) is 9.68. The highest BCUT2D eigenvalue weighted by Crippen LogP contribution is 2.30. The fourth-order valence-electron chi connectivity index (χ4n) is 3.81. The second-order valence-electron chi connectivity index (χ2n) is 7.96. The van der Waals surface area contributed by atoms with Gasteiger partial charge in [0.2, 0.25) is 0 Å². The van der Waals surface area contributed by atoms with Gasteiger partial charge in [-0.1, -0.05) is 38.8 Å². The Hall–Kier alpha value is -2.72. The molecule has 7 heteroatoms. The van der Waals surface area contributed by atoms with E-state index in [2.05, 4.69) is 24.8 Å². The van der Waals surface area contributed by atoms with E-state index in [9.17, 15) is 10.1 Å². The van der Waals surface area contributed by atoms with Gasteiger partial charge in [0.05, 0.1) is 35.9 Å². The molecule has 0 spiro atoms. The Labute approximate surface area is 178 Å². The smallest absolute Gasteiger partial charge is 0.329 e. The lowest BCUT2D eigenvalue weighted by atomic mass is 10.0. The number of morpholine rings is 1. The third kappa shape index (κ3) is 4.88. The molecule has 1 aromatic heterocycles. The molecular weight excluding hydrogens is 380 g/mol. The van der Waals surface area contributed by atoms with Crippen LogP contribution in [-0.4, -0.2) is 47.8 Å². The number of aromatic nitrogens is 2. The third-order valence-electron chi connectivity index (χ3n) is 5.55. The number of nitriles is 1. The zero-order valence-electron chi connectivity index (χ0n) is 18.2. The van der Waals surface area contributed by atoms with Crippen LogP contribution in [0.1, 0.15) is 52.1 Å². The average molecular weight is 411 g/mol. The van der Waals surface area contributed by atoms with E-state index in [-0.39, 0.29) is 18.1 Å². The second kappa shape index (κ2) is 9.86. The van der Waals surface area contributed by atoms with Gasteiger partial charge in [-0.15, -0.1) is 0 Å². The van der Waals surface area contributed by atoms with Gasteiger partial charge in [-0.2, -0.15) is 5.26 Å². The van der Waals surface area contributed by atoms with Crippen molar-refractivity contribution in [1.82, 2.24) is 9.97 Å². The van der Waals surface area contributed by atoms with Crippen LogP contribution in [-0.2, 0) is 14.3 Å². The van der Waals surface area contributed by atoms with Gasteiger partial charge in [-0.25, -0.2) is 9.97 Å². The lowest BCUT2D eigenvalue weighted by Crippen LogP contribution is -2.46. The van der Waals surface area contributed by atoms with Crippen LogP contribution in [0.3, 0.4) is 0 Å². The maximum atomic E-state index is 12.9. The van der Waals surface area contributed by atoms with Crippen LogP contribution >= 0.6 is 0 Å². The maximum Gasteiger partial charge on any atom is 0.329 e. The highest BCUT2D eigenvalue weighted by atomic mass is 16.5. The summed E-state index contributed by atoms with van der Waals surface area (Å²) in [6, 6.07) is 9.60. The molecule has 1 saturated heterocycles. The van der Waals surface area contributed by atoms with Gasteiger partial charge in [0.1, 0.15) is 5.69 Å². The number of rotatable bonds is 7. The van der Waals surface area contributed by atoms with Crippen LogP contribution in [0.15, 0.2) is 24.3 Å². The summed E-state index contributed by atoms with van der Waals surface area (Å²) in [5.41, 5.74) is 1.73. The van der Waals surface area contributed by atoms with Gasteiger partial charge in [0.25, 0.3) is 0 Å². The molecule has 0 bridgehead atoms. The number of fused-ring (bicyclic) bond motifs is 1. The van der Waals surface area contributed by atoms with E-state index in [4.69, 9.17) is 19.4 Å². The van der Waals surface area contributed by atoms with Crippen molar-refractivity contribution in [2.45, 2.75) is 58.7 Å². The van der Waals surface area contributed by atoms with Gasteiger partial charge < -0.3 is 14.4 Å². The fourth-order valence-corrected chi connectivity index (χ4v) is 3.81. The van der Waals surface area contributed by atoms with E-state index in [1.807, 2.05) is 38.1 Å². The second-order valence-corrected chi connectivity index (χ2v) is 7.96. The molecule has 30 heavy (non-hydrogen) atoms. The van der Waals surface area contributed by atoms with Crippen LogP contribution in [0.4, 0.5) is 5.82 Å². The molecule has 160 valence electrons. The number of para-hydroxylation sites is 2. The number of anilines is 1. The van der Waals surface area contributed by atoms with Gasteiger partial charge in [-0.05, 0) is 31.9 Å². The van der Waals surface area contributed by atoms with E-state index in [1.54, 1.807) is 0 Å². The van der Waals surface area contributed by atoms with Crippen LogP contribution in [0.25, 0.3) is 11.0 Å². The predicted molar refractivity (Wildman–Crippen MR) is 115 cm³/mol. The molecule has 0 unspecified atom stereocenters. The van der Waals surface area contributed by atoms with Crippen molar-refractivity contribution in [2.24, 2.45) is 5.92 Å². The van der Waals surface area contributed by atoms with Gasteiger partial charge in [-0.3, -0.25) is 4.79 Å². The van der Waals surface area contributed by atoms with E-state index in [0.29, 0.717) is 36.7 Å². The van der Waals surface area contributed by atoms with E-state index >= 15 is 0 Å². The molecule has 2 heterocycles. The quantitative estimate of drug-likeness (QED) is 0.641. The first-order valence-corrected chi connectivity index (χ1v) is 10.7. The molecule has 1 aliphatic heterocycles. The number of hydrogen-bond donors (Lipinski definition) is 0. The van der Waals surface area contributed by atoms with Crippen molar-refractivity contribution >= 4 is 22.8 Å². The molecule has 0 saturated carbocycles. The summed E-state index contributed by atoms with van der Waals surface area (Å²) in [4.78, 5) is 24.4. The van der Waals surface area contributed by atoms with Crippen LogP contribution in [0, 0.1) is 17.2 Å². The van der Waals surface area contributed by atoms with Crippen molar-refractivity contribution < 1.29 is 14.3 Å². The zero-order chi connectivity index (χ0) is 21.7. The highest BCUT2D eigenvalue weighted by Gasteiger charge is 2.33. The number of esters is 1. The first-order chi connectivity index (χ1) is 14.5. The van der Waals surface area contributed by atoms with Crippen LogP contribution in [0.5, 0.6) is 0 Å². The summed E-state index contributed by atoms with van der Waals surface area (Å²) in [6.07, 6.45) is 1.87. The molecule has 0 N–H and O–H groups in total. The SMILES string of the molecule is CCC(CC)COC(=O)[C@H](C#N)c1nc2ccccc2nc1N1C[C@@H](C)O[C@H](C)C1. The number of nitrogens with zero attached hydrogens (tertiary/aromatic N) is 4. The summed E-state index contributed by atoms with van der Waals surface area (Å²) in [7, 11) is 0. The number of hydrogen-bond acceptors (Lipinski definition) is 7. The minimum atomic E-state index is -1.13. The highest BCUT2D eigenvalue weighted by molar-refractivity contribution is 5.85. The first-order valence-electron chi connectivity index (χ1n) is 10.7. The van der Waals surface area contributed by atoms with Gasteiger partial charge >= 0.3 is 5.97 Å². The van der Waals surface area contributed by atoms with Crippen molar-refractivity contribution in [3.05, 3.63) is 30.0 Å². The van der Waals surface area contributed by atoms with Crippen LogP contribution < -0.4 is 4.90 Å². The largest absolute Gasteiger partial charge is 0.464 e. The Morgan fingerprint density at radius 2 is 1.80 bits per heavy atom. The molecule has 3 rings (SSSR count).